The van der Waals surface area contributed by atoms with Gasteiger partial charge in [-0.15, -0.1) is 11.3 Å². The first kappa shape index (κ1) is 14.3. The molecule has 1 atom stereocenters. The van der Waals surface area contributed by atoms with Crippen molar-refractivity contribution in [2.45, 2.75) is 12.8 Å². The highest BCUT2D eigenvalue weighted by Gasteiger charge is 2.11. The van der Waals surface area contributed by atoms with E-state index in [9.17, 15) is 0 Å². The monoisotopic (exact) mass is 362 g/mol. The number of anilines is 2. The van der Waals surface area contributed by atoms with Crippen molar-refractivity contribution in [1.82, 2.24) is 9.97 Å². The number of aromatic nitrogens is 2. The molecule has 0 aliphatic heterocycles. The van der Waals surface area contributed by atoms with Gasteiger partial charge in [0.2, 0.25) is 0 Å². The van der Waals surface area contributed by atoms with Crippen molar-refractivity contribution in [2.24, 2.45) is 0 Å². The zero-order valence-corrected chi connectivity index (χ0v) is 13.9. The van der Waals surface area contributed by atoms with Crippen LogP contribution in [0.3, 0.4) is 0 Å². The Bertz CT molecular complexity index is 752. The Balaban J connectivity index is 1.89. The summed E-state index contributed by atoms with van der Waals surface area (Å²) >= 11 is 5.17. The molecule has 2 heterocycles. The average Bonchev–Trinajstić information content (AvgIpc) is 3.00. The molecule has 3 aromatic rings. The number of nitrogens with zero attached hydrogens (tertiary/aromatic N) is 2. The molecule has 0 amide bonds. The molecule has 0 spiro atoms. The lowest BCUT2D eigenvalue weighted by molar-refractivity contribution is 0.796. The normalized spacial score (nSPS) is 12.5. The van der Waals surface area contributed by atoms with Crippen LogP contribution in [0.15, 0.2) is 40.4 Å². The number of hydrogen-bond donors (Lipinski definition) is 2. The molecule has 3 N–H and O–H groups in total. The van der Waals surface area contributed by atoms with Crippen LogP contribution in [-0.2, 0) is 0 Å². The van der Waals surface area contributed by atoms with Crippen molar-refractivity contribution < 1.29 is 0 Å². The molecule has 1 unspecified atom stereocenters. The first-order valence-corrected chi connectivity index (χ1v) is 8.29. The Morgan fingerprint density at radius 3 is 3.00 bits per heavy atom. The van der Waals surface area contributed by atoms with E-state index >= 15 is 0 Å². The number of thiazole rings is 1. The van der Waals surface area contributed by atoms with Crippen molar-refractivity contribution in [3.05, 3.63) is 45.5 Å². The second-order valence-electron chi connectivity index (χ2n) is 4.90. The van der Waals surface area contributed by atoms with E-state index in [0.29, 0.717) is 11.6 Å². The molecular weight excluding hydrogens is 348 g/mol. The average molecular weight is 363 g/mol. The number of nitrogen functional groups attached to an aromatic ring is 1. The molecule has 108 valence electrons. The second kappa shape index (κ2) is 5.99. The predicted octanol–water partition coefficient (Wildman–Crippen LogP) is 4.25. The van der Waals surface area contributed by atoms with Gasteiger partial charge in [0.25, 0.3) is 0 Å². The van der Waals surface area contributed by atoms with Gasteiger partial charge in [-0.3, -0.25) is 4.98 Å². The van der Waals surface area contributed by atoms with Gasteiger partial charge in [-0.05, 0) is 18.2 Å². The number of benzene rings is 1. The van der Waals surface area contributed by atoms with Gasteiger partial charge in [0.1, 0.15) is 0 Å². The fourth-order valence-electron chi connectivity index (χ4n) is 2.20. The minimum absolute atomic E-state index is 0.333. The van der Waals surface area contributed by atoms with E-state index in [1.165, 1.54) is 0 Å². The van der Waals surface area contributed by atoms with E-state index in [4.69, 9.17) is 5.73 Å². The lowest BCUT2D eigenvalue weighted by atomic mass is 10.1. The minimum atomic E-state index is 0.333. The van der Waals surface area contributed by atoms with Gasteiger partial charge in [0.15, 0.2) is 0 Å². The Kier molecular flexibility index (Phi) is 4.07. The summed E-state index contributed by atoms with van der Waals surface area (Å²) in [6.45, 7) is 2.94. The first-order chi connectivity index (χ1) is 10.1. The molecule has 1 aromatic carbocycles. The summed E-state index contributed by atoms with van der Waals surface area (Å²) < 4.78 is 1.01. The molecule has 0 saturated carbocycles. The quantitative estimate of drug-likeness (QED) is 0.727. The van der Waals surface area contributed by atoms with Crippen LogP contribution < -0.4 is 11.1 Å². The summed E-state index contributed by atoms with van der Waals surface area (Å²) in [4.78, 5) is 8.72. The van der Waals surface area contributed by atoms with Crippen molar-refractivity contribution in [3.8, 4) is 0 Å². The SMILES string of the molecule is CC(CNc1c(N)cnc2ccc(Br)cc12)c1nccs1. The number of pyridine rings is 1. The van der Waals surface area contributed by atoms with Gasteiger partial charge in [-0.25, -0.2) is 4.98 Å². The largest absolute Gasteiger partial charge is 0.396 e. The van der Waals surface area contributed by atoms with Crippen LogP contribution in [0.1, 0.15) is 17.8 Å². The van der Waals surface area contributed by atoms with Crippen molar-refractivity contribution >= 4 is 49.5 Å². The van der Waals surface area contributed by atoms with E-state index in [-0.39, 0.29) is 0 Å². The molecule has 3 rings (SSSR count). The molecule has 0 aliphatic rings. The molecule has 0 bridgehead atoms. The highest BCUT2D eigenvalue weighted by molar-refractivity contribution is 9.10. The summed E-state index contributed by atoms with van der Waals surface area (Å²) in [5.74, 6) is 0.333. The number of halogens is 1. The highest BCUT2D eigenvalue weighted by Crippen LogP contribution is 2.31. The first-order valence-electron chi connectivity index (χ1n) is 6.62. The maximum atomic E-state index is 6.09. The fraction of sp³-hybridized carbons (Fsp3) is 0.200. The van der Waals surface area contributed by atoms with Gasteiger partial charge in [-0.1, -0.05) is 22.9 Å². The highest BCUT2D eigenvalue weighted by atomic mass is 79.9. The predicted molar refractivity (Wildman–Crippen MR) is 92.9 cm³/mol. The zero-order valence-electron chi connectivity index (χ0n) is 11.5. The molecule has 0 saturated heterocycles. The number of hydrogen-bond acceptors (Lipinski definition) is 5. The van der Waals surface area contributed by atoms with Crippen molar-refractivity contribution in [1.29, 1.82) is 0 Å². The third-order valence-electron chi connectivity index (χ3n) is 3.32. The van der Waals surface area contributed by atoms with E-state index in [2.05, 4.69) is 38.1 Å². The van der Waals surface area contributed by atoms with Crippen LogP contribution in [0.2, 0.25) is 0 Å². The Morgan fingerprint density at radius 2 is 2.24 bits per heavy atom. The molecule has 0 aliphatic carbocycles. The van der Waals surface area contributed by atoms with E-state index in [1.54, 1.807) is 17.5 Å². The van der Waals surface area contributed by atoms with Gasteiger partial charge < -0.3 is 11.1 Å². The Morgan fingerprint density at radius 1 is 1.38 bits per heavy atom. The molecule has 21 heavy (non-hydrogen) atoms. The number of nitrogens with two attached hydrogens (primary N) is 1. The van der Waals surface area contributed by atoms with Gasteiger partial charge >= 0.3 is 0 Å². The van der Waals surface area contributed by atoms with Crippen LogP contribution in [0.4, 0.5) is 11.4 Å². The van der Waals surface area contributed by atoms with Crippen LogP contribution in [0.25, 0.3) is 10.9 Å². The lowest BCUT2D eigenvalue weighted by Crippen LogP contribution is -2.11. The van der Waals surface area contributed by atoms with E-state index in [0.717, 1.165) is 32.6 Å². The standard InChI is InChI=1S/C15H15BrN4S/c1-9(15-18-4-5-21-15)7-20-14-11-6-10(16)2-3-13(11)19-8-12(14)17/h2-6,8-9H,7,17H2,1H3,(H,19,20). The van der Waals surface area contributed by atoms with Gasteiger partial charge in [0.05, 0.1) is 28.1 Å². The Hall–Kier alpha value is -1.66. The third kappa shape index (κ3) is 3.01. The van der Waals surface area contributed by atoms with Crippen LogP contribution in [0, 0.1) is 0 Å². The maximum Gasteiger partial charge on any atom is 0.0970 e. The molecule has 2 aromatic heterocycles. The van der Waals surface area contributed by atoms with Gasteiger partial charge in [-0.2, -0.15) is 0 Å². The van der Waals surface area contributed by atoms with E-state index in [1.807, 2.05) is 29.8 Å². The van der Waals surface area contributed by atoms with E-state index < -0.39 is 0 Å². The van der Waals surface area contributed by atoms with Crippen LogP contribution >= 0.6 is 27.3 Å². The van der Waals surface area contributed by atoms with Gasteiger partial charge in [0, 0.05) is 33.9 Å². The summed E-state index contributed by atoms with van der Waals surface area (Å²) in [6.07, 6.45) is 3.54. The molecule has 4 nitrogen and oxygen atoms in total. The summed E-state index contributed by atoms with van der Waals surface area (Å²) in [7, 11) is 0. The van der Waals surface area contributed by atoms with Crippen molar-refractivity contribution in [2.75, 3.05) is 17.6 Å². The summed E-state index contributed by atoms with van der Waals surface area (Å²) in [5, 5.41) is 7.60. The summed E-state index contributed by atoms with van der Waals surface area (Å²) in [5.41, 5.74) is 8.61. The minimum Gasteiger partial charge on any atom is -0.396 e. The molecular formula is C15H15BrN4S. The molecule has 0 radical (unpaired) electrons. The summed E-state index contributed by atoms with van der Waals surface area (Å²) in [6, 6.07) is 6.00. The molecule has 6 heteroatoms. The fourth-order valence-corrected chi connectivity index (χ4v) is 3.26. The second-order valence-corrected chi connectivity index (χ2v) is 6.74. The number of rotatable bonds is 4. The Labute approximate surface area is 135 Å². The zero-order chi connectivity index (χ0) is 14.8. The third-order valence-corrected chi connectivity index (χ3v) is 4.82. The topological polar surface area (TPSA) is 63.8 Å². The number of nitrogens with one attached hydrogen (secondary N) is 1. The molecule has 0 fully saturated rings. The van der Waals surface area contributed by atoms with Crippen LogP contribution in [0.5, 0.6) is 0 Å². The number of fused-ring (bicyclic) bond motifs is 1. The van der Waals surface area contributed by atoms with Crippen molar-refractivity contribution in [3.63, 3.8) is 0 Å². The maximum absolute atomic E-state index is 6.09. The smallest absolute Gasteiger partial charge is 0.0970 e. The van der Waals surface area contributed by atoms with Crippen LogP contribution in [-0.4, -0.2) is 16.5 Å². The lowest BCUT2D eigenvalue weighted by Gasteiger charge is -2.15.